The number of aromatic nitrogens is 2. The standard InChI is InChI=1S/C19H18N4O/c1-14(24)15-8-10-16(11-9-15)22-18-12-19(21-13-20-18)23(2)17-6-4-3-5-7-17/h3-13H,1-2H3,(H,20,21,22). The number of benzene rings is 2. The van der Waals surface area contributed by atoms with Crippen LogP contribution in [0.2, 0.25) is 0 Å². The van der Waals surface area contributed by atoms with Crippen LogP contribution in [-0.4, -0.2) is 22.8 Å². The Balaban J connectivity index is 1.79. The molecule has 0 fully saturated rings. The first-order chi connectivity index (χ1) is 11.6. The lowest BCUT2D eigenvalue weighted by molar-refractivity contribution is 0.101. The number of nitrogens with one attached hydrogen (secondary N) is 1. The van der Waals surface area contributed by atoms with Crippen LogP contribution < -0.4 is 10.2 Å². The molecule has 0 aliphatic carbocycles. The summed E-state index contributed by atoms with van der Waals surface area (Å²) in [7, 11) is 1.96. The lowest BCUT2D eigenvalue weighted by atomic mass is 10.1. The van der Waals surface area contributed by atoms with Crippen LogP contribution in [-0.2, 0) is 0 Å². The van der Waals surface area contributed by atoms with Gasteiger partial charge in [-0.2, -0.15) is 0 Å². The van der Waals surface area contributed by atoms with Crippen molar-refractivity contribution in [2.75, 3.05) is 17.3 Å². The van der Waals surface area contributed by atoms with Crippen LogP contribution in [0, 0.1) is 0 Å². The van der Waals surface area contributed by atoms with Gasteiger partial charge in [0.1, 0.15) is 18.0 Å². The van der Waals surface area contributed by atoms with Gasteiger partial charge in [0.25, 0.3) is 0 Å². The number of carbonyl (C=O) groups excluding carboxylic acids is 1. The van der Waals surface area contributed by atoms with E-state index in [4.69, 9.17) is 0 Å². The number of nitrogens with zero attached hydrogens (tertiary/aromatic N) is 3. The summed E-state index contributed by atoms with van der Waals surface area (Å²) in [6, 6.07) is 19.2. The molecule has 3 aromatic rings. The summed E-state index contributed by atoms with van der Waals surface area (Å²) >= 11 is 0. The Bertz CT molecular complexity index is 832. The largest absolute Gasteiger partial charge is 0.340 e. The average molecular weight is 318 g/mol. The van der Waals surface area contributed by atoms with E-state index >= 15 is 0 Å². The van der Waals surface area contributed by atoms with E-state index in [0.29, 0.717) is 11.4 Å². The van der Waals surface area contributed by atoms with Crippen molar-refractivity contribution in [2.45, 2.75) is 6.92 Å². The Hall–Kier alpha value is -3.21. The zero-order chi connectivity index (χ0) is 16.9. The number of anilines is 4. The van der Waals surface area contributed by atoms with Gasteiger partial charge in [0, 0.05) is 30.1 Å². The summed E-state index contributed by atoms with van der Waals surface area (Å²) in [5, 5.41) is 3.23. The predicted octanol–water partition coefficient (Wildman–Crippen LogP) is 4.19. The fraction of sp³-hybridized carbons (Fsp3) is 0.105. The topological polar surface area (TPSA) is 58.1 Å². The molecule has 0 radical (unpaired) electrons. The van der Waals surface area contributed by atoms with Crippen molar-refractivity contribution in [2.24, 2.45) is 0 Å². The van der Waals surface area contributed by atoms with Crippen LogP contribution in [0.15, 0.2) is 67.0 Å². The van der Waals surface area contributed by atoms with E-state index in [2.05, 4.69) is 15.3 Å². The zero-order valence-corrected chi connectivity index (χ0v) is 13.6. The summed E-state index contributed by atoms with van der Waals surface area (Å²) < 4.78 is 0. The van der Waals surface area contributed by atoms with Crippen molar-refractivity contribution in [3.05, 3.63) is 72.6 Å². The quantitative estimate of drug-likeness (QED) is 0.715. The van der Waals surface area contributed by atoms with Gasteiger partial charge < -0.3 is 10.2 Å². The average Bonchev–Trinajstić information content (AvgIpc) is 2.62. The van der Waals surface area contributed by atoms with Gasteiger partial charge in [-0.05, 0) is 43.3 Å². The minimum atomic E-state index is 0.0513. The number of hydrogen-bond donors (Lipinski definition) is 1. The Morgan fingerprint density at radius 1 is 1.00 bits per heavy atom. The van der Waals surface area contributed by atoms with E-state index in [-0.39, 0.29) is 5.78 Å². The third-order valence-electron chi connectivity index (χ3n) is 3.70. The molecule has 5 nitrogen and oxygen atoms in total. The van der Waals surface area contributed by atoms with Gasteiger partial charge in [-0.15, -0.1) is 0 Å². The zero-order valence-electron chi connectivity index (χ0n) is 13.6. The van der Waals surface area contributed by atoms with Crippen LogP contribution in [0.5, 0.6) is 0 Å². The SMILES string of the molecule is CC(=O)c1ccc(Nc2cc(N(C)c3ccccc3)ncn2)cc1. The smallest absolute Gasteiger partial charge is 0.159 e. The van der Waals surface area contributed by atoms with Crippen molar-refractivity contribution >= 4 is 28.8 Å². The molecular weight excluding hydrogens is 300 g/mol. The van der Waals surface area contributed by atoms with Crippen LogP contribution in [0.4, 0.5) is 23.0 Å². The molecule has 24 heavy (non-hydrogen) atoms. The van der Waals surface area contributed by atoms with E-state index in [1.165, 1.54) is 6.33 Å². The molecule has 0 aliphatic rings. The molecule has 0 bridgehead atoms. The normalized spacial score (nSPS) is 10.2. The van der Waals surface area contributed by atoms with Gasteiger partial charge in [-0.1, -0.05) is 18.2 Å². The number of hydrogen-bond acceptors (Lipinski definition) is 5. The van der Waals surface area contributed by atoms with Crippen molar-refractivity contribution in [3.8, 4) is 0 Å². The molecule has 1 aromatic heterocycles. The summed E-state index contributed by atoms with van der Waals surface area (Å²) in [4.78, 5) is 21.9. The van der Waals surface area contributed by atoms with Gasteiger partial charge in [0.05, 0.1) is 0 Å². The molecule has 3 rings (SSSR count). The Morgan fingerprint density at radius 3 is 2.38 bits per heavy atom. The highest BCUT2D eigenvalue weighted by atomic mass is 16.1. The number of Topliss-reactive ketones (excluding diaryl/α,β-unsaturated/α-hetero) is 1. The fourth-order valence-electron chi connectivity index (χ4n) is 2.32. The summed E-state index contributed by atoms with van der Waals surface area (Å²) in [5.41, 5.74) is 2.60. The van der Waals surface area contributed by atoms with E-state index in [1.807, 2.05) is 60.5 Å². The summed E-state index contributed by atoms with van der Waals surface area (Å²) in [5.74, 6) is 1.53. The van der Waals surface area contributed by atoms with Crippen molar-refractivity contribution in [1.82, 2.24) is 9.97 Å². The number of carbonyl (C=O) groups is 1. The molecular formula is C19H18N4O. The van der Waals surface area contributed by atoms with E-state index < -0.39 is 0 Å². The summed E-state index contributed by atoms with van der Waals surface area (Å²) in [6.07, 6.45) is 1.53. The molecule has 1 heterocycles. The van der Waals surface area contributed by atoms with E-state index in [9.17, 15) is 4.79 Å². The first-order valence-electron chi connectivity index (χ1n) is 7.62. The molecule has 0 saturated heterocycles. The molecule has 0 saturated carbocycles. The van der Waals surface area contributed by atoms with Gasteiger partial charge in [0.15, 0.2) is 5.78 Å². The number of para-hydroxylation sites is 1. The van der Waals surface area contributed by atoms with Crippen LogP contribution in [0.1, 0.15) is 17.3 Å². The lowest BCUT2D eigenvalue weighted by Gasteiger charge is -2.18. The summed E-state index contributed by atoms with van der Waals surface area (Å²) in [6.45, 7) is 1.55. The number of rotatable bonds is 5. The first-order valence-corrected chi connectivity index (χ1v) is 7.62. The second-order valence-electron chi connectivity index (χ2n) is 5.41. The van der Waals surface area contributed by atoms with E-state index in [0.717, 1.165) is 17.2 Å². The van der Waals surface area contributed by atoms with Gasteiger partial charge in [-0.3, -0.25) is 4.79 Å². The second-order valence-corrected chi connectivity index (χ2v) is 5.41. The highest BCUT2D eigenvalue weighted by Gasteiger charge is 2.07. The van der Waals surface area contributed by atoms with Gasteiger partial charge >= 0.3 is 0 Å². The lowest BCUT2D eigenvalue weighted by Crippen LogP contribution is -2.11. The maximum Gasteiger partial charge on any atom is 0.159 e. The maximum absolute atomic E-state index is 11.3. The molecule has 2 aromatic carbocycles. The predicted molar refractivity (Wildman–Crippen MR) is 96.3 cm³/mol. The molecule has 0 spiro atoms. The van der Waals surface area contributed by atoms with Crippen LogP contribution >= 0.6 is 0 Å². The van der Waals surface area contributed by atoms with Crippen molar-refractivity contribution in [1.29, 1.82) is 0 Å². The molecule has 0 amide bonds. The molecule has 1 N–H and O–H groups in total. The van der Waals surface area contributed by atoms with Gasteiger partial charge in [0.2, 0.25) is 0 Å². The monoisotopic (exact) mass is 318 g/mol. The van der Waals surface area contributed by atoms with E-state index in [1.54, 1.807) is 19.1 Å². The second kappa shape index (κ2) is 6.91. The maximum atomic E-state index is 11.3. The van der Waals surface area contributed by atoms with Crippen molar-refractivity contribution in [3.63, 3.8) is 0 Å². The highest BCUT2D eigenvalue weighted by Crippen LogP contribution is 2.23. The highest BCUT2D eigenvalue weighted by molar-refractivity contribution is 5.94. The fourth-order valence-corrected chi connectivity index (χ4v) is 2.32. The molecule has 0 aliphatic heterocycles. The molecule has 120 valence electrons. The van der Waals surface area contributed by atoms with Gasteiger partial charge in [-0.25, -0.2) is 9.97 Å². The van der Waals surface area contributed by atoms with Crippen LogP contribution in [0.3, 0.4) is 0 Å². The minimum absolute atomic E-state index is 0.0513. The third kappa shape index (κ3) is 3.57. The Morgan fingerprint density at radius 2 is 1.71 bits per heavy atom. The molecule has 5 heteroatoms. The number of ketones is 1. The molecule has 0 unspecified atom stereocenters. The first kappa shape index (κ1) is 15.7. The third-order valence-corrected chi connectivity index (χ3v) is 3.70. The minimum Gasteiger partial charge on any atom is -0.340 e. The van der Waals surface area contributed by atoms with Crippen LogP contribution in [0.25, 0.3) is 0 Å². The Kier molecular flexibility index (Phi) is 4.52. The van der Waals surface area contributed by atoms with Crippen molar-refractivity contribution < 1.29 is 4.79 Å². The molecule has 0 atom stereocenters. The Labute approximate surface area is 141 Å².